The zero-order valence-electron chi connectivity index (χ0n) is 20.1. The molecule has 1 aromatic rings. The topological polar surface area (TPSA) is 0 Å². The minimum Gasteiger partial charge on any atom is -0.152 e. The number of hydrogen-bond donors (Lipinski definition) is 0. The smallest absolute Gasteiger partial charge is 0.00584 e. The summed E-state index contributed by atoms with van der Waals surface area (Å²) in [4.78, 5) is 0. The van der Waals surface area contributed by atoms with Gasteiger partial charge < -0.3 is 0 Å². The highest BCUT2D eigenvalue weighted by Crippen LogP contribution is 2.21. The van der Waals surface area contributed by atoms with Crippen molar-refractivity contribution in [3.63, 3.8) is 0 Å². The third-order valence-electron chi connectivity index (χ3n) is 6.43. The van der Waals surface area contributed by atoms with Gasteiger partial charge in [0.2, 0.25) is 0 Å². The fraction of sp³-hybridized carbons (Fsp3) is 0.857. The molecule has 0 radical (unpaired) electrons. The van der Waals surface area contributed by atoms with Gasteiger partial charge in [0.05, 0.1) is 0 Å². The molecule has 0 aliphatic heterocycles. The van der Waals surface area contributed by atoms with Gasteiger partial charge in [-0.05, 0) is 47.6 Å². The van der Waals surface area contributed by atoms with Crippen molar-refractivity contribution in [2.75, 3.05) is 0 Å². The van der Waals surface area contributed by atoms with Crippen LogP contribution in [-0.2, 0) is 12.8 Å². The van der Waals surface area contributed by atoms with Gasteiger partial charge in [0.15, 0.2) is 0 Å². The van der Waals surface area contributed by atoms with E-state index in [9.17, 15) is 0 Å². The first-order valence-corrected chi connectivity index (χ1v) is 14.4. The normalized spacial score (nSPS) is 11.4. The van der Waals surface area contributed by atoms with Crippen molar-refractivity contribution >= 4 is 11.3 Å². The largest absolute Gasteiger partial charge is 0.152 e. The molecule has 1 heteroatoms. The molecule has 0 fully saturated rings. The molecule has 0 aromatic carbocycles. The summed E-state index contributed by atoms with van der Waals surface area (Å²) in [5, 5.41) is 4.83. The summed E-state index contributed by atoms with van der Waals surface area (Å²) < 4.78 is 0. The van der Waals surface area contributed by atoms with Crippen molar-refractivity contribution < 1.29 is 0 Å². The van der Waals surface area contributed by atoms with E-state index in [0.717, 1.165) is 0 Å². The molecule has 0 amide bonds. The molecule has 1 rings (SSSR count). The van der Waals surface area contributed by atoms with Gasteiger partial charge in [0.25, 0.3) is 0 Å². The van der Waals surface area contributed by atoms with E-state index in [1.165, 1.54) is 141 Å². The lowest BCUT2D eigenvalue weighted by Crippen LogP contribution is -1.91. The molecular formula is C28H52S. The monoisotopic (exact) mass is 420 g/mol. The van der Waals surface area contributed by atoms with E-state index < -0.39 is 0 Å². The van der Waals surface area contributed by atoms with Crippen LogP contribution in [0.2, 0.25) is 0 Å². The minimum atomic E-state index is 1.32. The predicted octanol–water partition coefficient (Wildman–Crippen LogP) is 10.7. The Bertz CT molecular complexity index is 433. The van der Waals surface area contributed by atoms with E-state index in [4.69, 9.17) is 0 Å². The molecule has 0 atom stereocenters. The third kappa shape index (κ3) is 16.1. The Balaban J connectivity index is 1.83. The zero-order valence-corrected chi connectivity index (χ0v) is 20.9. The van der Waals surface area contributed by atoms with Crippen LogP contribution in [0.25, 0.3) is 0 Å². The zero-order chi connectivity index (χ0) is 20.8. The molecular weight excluding hydrogens is 368 g/mol. The first-order valence-electron chi connectivity index (χ1n) is 13.4. The van der Waals surface area contributed by atoms with Gasteiger partial charge in [-0.2, -0.15) is 11.3 Å². The summed E-state index contributed by atoms with van der Waals surface area (Å²) in [5.74, 6) is 0. The van der Waals surface area contributed by atoms with Gasteiger partial charge in [-0.25, -0.2) is 0 Å². The molecule has 0 aliphatic rings. The van der Waals surface area contributed by atoms with Crippen LogP contribution in [-0.4, -0.2) is 0 Å². The van der Waals surface area contributed by atoms with E-state index in [0.29, 0.717) is 0 Å². The predicted molar refractivity (Wildman–Crippen MR) is 135 cm³/mol. The van der Waals surface area contributed by atoms with Crippen LogP contribution < -0.4 is 0 Å². The Morgan fingerprint density at radius 3 is 1.03 bits per heavy atom. The molecule has 0 unspecified atom stereocenters. The Kier molecular flexibility index (Phi) is 19.3. The second kappa shape index (κ2) is 21.0. The summed E-state index contributed by atoms with van der Waals surface area (Å²) in [6.45, 7) is 4.60. The Morgan fingerprint density at radius 2 is 0.690 bits per heavy atom. The molecule has 1 aromatic heterocycles. The van der Waals surface area contributed by atoms with Crippen LogP contribution >= 0.6 is 11.3 Å². The summed E-state index contributed by atoms with van der Waals surface area (Å²) in [6, 6.07) is 0. The first-order chi connectivity index (χ1) is 14.4. The Hall–Kier alpha value is -0.300. The lowest BCUT2D eigenvalue weighted by atomic mass is 10.00. The maximum atomic E-state index is 2.42. The highest BCUT2D eigenvalue weighted by atomic mass is 32.1. The molecule has 1 heterocycles. The Labute approximate surface area is 188 Å². The van der Waals surface area contributed by atoms with E-state index in [1.54, 1.807) is 11.1 Å². The average Bonchev–Trinajstić information content (AvgIpc) is 3.18. The molecule has 0 bridgehead atoms. The van der Waals surface area contributed by atoms with Gasteiger partial charge in [0, 0.05) is 0 Å². The van der Waals surface area contributed by atoms with E-state index >= 15 is 0 Å². The fourth-order valence-electron chi connectivity index (χ4n) is 4.39. The average molecular weight is 421 g/mol. The molecule has 0 aliphatic carbocycles. The van der Waals surface area contributed by atoms with E-state index in [2.05, 4.69) is 24.6 Å². The van der Waals surface area contributed by atoms with Crippen molar-refractivity contribution in [2.24, 2.45) is 0 Å². The van der Waals surface area contributed by atoms with E-state index in [1.807, 2.05) is 11.3 Å². The van der Waals surface area contributed by atoms with Crippen LogP contribution in [0.1, 0.15) is 153 Å². The van der Waals surface area contributed by atoms with Crippen molar-refractivity contribution in [2.45, 2.75) is 155 Å². The molecule has 170 valence electrons. The lowest BCUT2D eigenvalue weighted by Gasteiger charge is -2.05. The lowest BCUT2D eigenvalue weighted by molar-refractivity contribution is 0.529. The number of thiophene rings is 1. The number of hydrogen-bond acceptors (Lipinski definition) is 1. The molecule has 0 nitrogen and oxygen atoms in total. The second-order valence-electron chi connectivity index (χ2n) is 9.29. The second-order valence-corrected chi connectivity index (χ2v) is 10.0. The van der Waals surface area contributed by atoms with Gasteiger partial charge in [0.1, 0.15) is 0 Å². The van der Waals surface area contributed by atoms with Crippen LogP contribution in [0.15, 0.2) is 10.8 Å². The first kappa shape index (κ1) is 26.7. The summed E-state index contributed by atoms with van der Waals surface area (Å²) in [7, 11) is 0. The maximum absolute atomic E-state index is 2.42. The van der Waals surface area contributed by atoms with Gasteiger partial charge in [-0.3, -0.25) is 0 Å². The number of unbranched alkanes of at least 4 members (excludes halogenated alkanes) is 18. The quantitative estimate of drug-likeness (QED) is 0.164. The van der Waals surface area contributed by atoms with Crippen LogP contribution in [0.5, 0.6) is 0 Å². The SMILES string of the molecule is CCCCCCCCCCCCCCCCCCc1cscc1CCCCCC. The van der Waals surface area contributed by atoms with Gasteiger partial charge >= 0.3 is 0 Å². The summed E-state index contributed by atoms with van der Waals surface area (Å²) in [5.41, 5.74) is 3.32. The summed E-state index contributed by atoms with van der Waals surface area (Å²) in [6.07, 6.45) is 31.5. The summed E-state index contributed by atoms with van der Waals surface area (Å²) >= 11 is 1.92. The van der Waals surface area contributed by atoms with Crippen LogP contribution in [0.4, 0.5) is 0 Å². The number of aryl methyl sites for hydroxylation is 2. The molecule has 0 spiro atoms. The fourth-order valence-corrected chi connectivity index (χ4v) is 5.33. The minimum absolute atomic E-state index is 1.32. The van der Waals surface area contributed by atoms with Crippen molar-refractivity contribution in [3.05, 3.63) is 21.9 Å². The molecule has 29 heavy (non-hydrogen) atoms. The standard InChI is InChI=1S/C28H52S/c1-3-5-7-9-10-11-12-13-14-15-16-17-18-19-20-22-24-28-26-29-25-27(28)23-21-8-6-4-2/h25-26H,3-24H2,1-2H3. The van der Waals surface area contributed by atoms with Crippen molar-refractivity contribution in [3.8, 4) is 0 Å². The van der Waals surface area contributed by atoms with Gasteiger partial charge in [-0.15, -0.1) is 0 Å². The molecule has 0 saturated carbocycles. The molecule has 0 saturated heterocycles. The van der Waals surface area contributed by atoms with Crippen LogP contribution in [0.3, 0.4) is 0 Å². The number of rotatable bonds is 22. The van der Waals surface area contributed by atoms with Crippen LogP contribution in [0, 0.1) is 0 Å². The highest BCUT2D eigenvalue weighted by molar-refractivity contribution is 7.08. The molecule has 0 N–H and O–H groups in total. The van der Waals surface area contributed by atoms with Crippen molar-refractivity contribution in [1.82, 2.24) is 0 Å². The van der Waals surface area contributed by atoms with Crippen molar-refractivity contribution in [1.29, 1.82) is 0 Å². The van der Waals surface area contributed by atoms with E-state index in [-0.39, 0.29) is 0 Å². The maximum Gasteiger partial charge on any atom is -0.00584 e. The highest BCUT2D eigenvalue weighted by Gasteiger charge is 2.04. The Morgan fingerprint density at radius 1 is 0.414 bits per heavy atom. The third-order valence-corrected chi connectivity index (χ3v) is 7.27. The van der Waals surface area contributed by atoms with Gasteiger partial charge in [-0.1, -0.05) is 129 Å².